The summed E-state index contributed by atoms with van der Waals surface area (Å²) in [6.07, 6.45) is -0.799. The Hall–Kier alpha value is 0.330. The minimum Gasteiger partial charge on any atom is -0.379 e. The Balaban J connectivity index is 2.59. The molecule has 12 nitrogen and oxygen atoms in total. The van der Waals surface area contributed by atoms with E-state index in [1.165, 1.54) is 7.11 Å². The molecule has 5 atom stereocenters. The summed E-state index contributed by atoms with van der Waals surface area (Å²) in [5.41, 5.74) is 0. The van der Waals surface area contributed by atoms with E-state index in [4.69, 9.17) is 24.2 Å². The zero-order valence-electron chi connectivity index (χ0n) is 11.5. The van der Waals surface area contributed by atoms with Gasteiger partial charge in [0.05, 0.1) is 18.8 Å². The molecule has 0 aromatic carbocycles. The number of hydrogen-bond acceptors (Lipinski definition) is 8. The number of hydrogen-bond donors (Lipinski definition) is 4. The first-order valence-electron chi connectivity index (χ1n) is 5.80. The van der Waals surface area contributed by atoms with E-state index in [1.807, 2.05) is 0 Å². The van der Waals surface area contributed by atoms with Gasteiger partial charge in [-0.1, -0.05) is 0 Å². The second kappa shape index (κ2) is 7.48. The molecule has 0 aromatic heterocycles. The fraction of sp³-hybridized carbons (Fsp3) is 1.00. The molecule has 0 saturated carbocycles. The van der Waals surface area contributed by atoms with Gasteiger partial charge in [0.2, 0.25) is 0 Å². The van der Waals surface area contributed by atoms with Gasteiger partial charge >= 0.3 is 23.5 Å². The van der Waals surface area contributed by atoms with Gasteiger partial charge in [-0.2, -0.15) is 8.62 Å². The van der Waals surface area contributed by atoms with Crippen molar-refractivity contribution in [1.82, 2.24) is 0 Å². The molecule has 1 aliphatic heterocycles. The molecule has 1 rings (SSSR count). The van der Waals surface area contributed by atoms with Crippen molar-refractivity contribution in [2.24, 2.45) is 0 Å². The van der Waals surface area contributed by atoms with E-state index in [9.17, 15) is 18.6 Å². The van der Waals surface area contributed by atoms with Gasteiger partial charge in [0, 0.05) is 13.5 Å². The van der Waals surface area contributed by atoms with Crippen LogP contribution in [-0.2, 0) is 36.3 Å². The molecular formula is C7H17O12P3. The maximum absolute atomic E-state index is 11.5. The van der Waals surface area contributed by atoms with Crippen molar-refractivity contribution in [3.63, 3.8) is 0 Å². The summed E-state index contributed by atoms with van der Waals surface area (Å²) in [7, 11) is -14.6. The van der Waals surface area contributed by atoms with Crippen LogP contribution in [0.1, 0.15) is 13.3 Å². The van der Waals surface area contributed by atoms with Gasteiger partial charge in [0.15, 0.2) is 0 Å². The molecule has 1 aliphatic rings. The molecule has 0 amide bonds. The van der Waals surface area contributed by atoms with Gasteiger partial charge in [-0.25, -0.2) is 13.7 Å². The van der Waals surface area contributed by atoms with Crippen LogP contribution in [-0.4, -0.2) is 51.6 Å². The lowest BCUT2D eigenvalue weighted by Gasteiger charge is -2.20. The van der Waals surface area contributed by atoms with Crippen molar-refractivity contribution in [3.05, 3.63) is 0 Å². The van der Waals surface area contributed by atoms with E-state index in [1.54, 1.807) is 6.92 Å². The van der Waals surface area contributed by atoms with Crippen LogP contribution in [0.3, 0.4) is 0 Å². The summed E-state index contributed by atoms with van der Waals surface area (Å²) in [5, 5.41) is 0. The Labute approximate surface area is 125 Å². The van der Waals surface area contributed by atoms with Gasteiger partial charge in [-0.15, -0.1) is 0 Å². The second-order valence-electron chi connectivity index (χ2n) is 4.38. The highest BCUT2D eigenvalue weighted by Gasteiger charge is 2.42. The number of phosphoric acid groups is 3. The standard InChI is InChI=1S/C7H17O12P3/c1-5-3-6(15-2)7(17-5)4-16-21(11,12)19-22(13,14)18-20(8,9)10/h5-7H,3-4H2,1-2H3,(H,11,12)(H,13,14)(H2,8,9,10)/t5-,6?,7+/m0/s1. The third-order valence-corrected chi connectivity index (χ3v) is 6.31. The van der Waals surface area contributed by atoms with E-state index >= 15 is 0 Å². The topological polar surface area (TPSA) is 178 Å². The molecule has 4 N–H and O–H groups in total. The first kappa shape index (κ1) is 20.4. The fourth-order valence-electron chi connectivity index (χ4n) is 1.79. The zero-order chi connectivity index (χ0) is 17.2. The van der Waals surface area contributed by atoms with E-state index < -0.39 is 42.3 Å². The van der Waals surface area contributed by atoms with Crippen LogP contribution in [0.4, 0.5) is 0 Å². The summed E-state index contributed by atoms with van der Waals surface area (Å²) in [5.74, 6) is 0. The van der Waals surface area contributed by atoms with E-state index in [-0.39, 0.29) is 6.10 Å². The SMILES string of the molecule is COC1C[C@H](C)O[C@@H]1COP(=O)(O)OP(=O)(O)OP(=O)(O)O. The first-order chi connectivity index (χ1) is 9.84. The highest BCUT2D eigenvalue weighted by molar-refractivity contribution is 7.66. The lowest BCUT2D eigenvalue weighted by atomic mass is 10.1. The van der Waals surface area contributed by atoms with Crippen molar-refractivity contribution in [3.8, 4) is 0 Å². The molecular weight excluding hydrogens is 369 g/mol. The summed E-state index contributed by atoms with van der Waals surface area (Å²) in [6, 6.07) is 0. The first-order valence-corrected chi connectivity index (χ1v) is 10.3. The summed E-state index contributed by atoms with van der Waals surface area (Å²) < 4.78 is 55.1. The lowest BCUT2D eigenvalue weighted by molar-refractivity contribution is -0.0295. The molecule has 0 aromatic rings. The monoisotopic (exact) mass is 386 g/mol. The number of ether oxygens (including phenoxy) is 2. The lowest BCUT2D eigenvalue weighted by Crippen LogP contribution is -2.27. The average Bonchev–Trinajstić information content (AvgIpc) is 2.62. The Morgan fingerprint density at radius 2 is 1.68 bits per heavy atom. The maximum atomic E-state index is 11.5. The quantitative estimate of drug-likeness (QED) is 0.426. The molecule has 0 spiro atoms. The minimum absolute atomic E-state index is 0.181. The molecule has 22 heavy (non-hydrogen) atoms. The van der Waals surface area contributed by atoms with Gasteiger partial charge in [0.1, 0.15) is 6.10 Å². The number of rotatable bonds is 8. The average molecular weight is 386 g/mol. The molecule has 132 valence electrons. The predicted molar refractivity (Wildman–Crippen MR) is 69.6 cm³/mol. The predicted octanol–water partition coefficient (Wildman–Crippen LogP) is 0.522. The van der Waals surface area contributed by atoms with Crippen LogP contribution in [0.2, 0.25) is 0 Å². The number of methoxy groups -OCH3 is 1. The smallest absolute Gasteiger partial charge is 0.379 e. The van der Waals surface area contributed by atoms with Crippen LogP contribution in [0, 0.1) is 0 Å². The fourth-order valence-corrected chi connectivity index (χ4v) is 4.82. The van der Waals surface area contributed by atoms with Gasteiger partial charge in [-0.3, -0.25) is 4.52 Å². The minimum atomic E-state index is -5.50. The van der Waals surface area contributed by atoms with Crippen LogP contribution < -0.4 is 0 Å². The van der Waals surface area contributed by atoms with Crippen LogP contribution >= 0.6 is 23.5 Å². The molecule has 3 unspecified atom stereocenters. The van der Waals surface area contributed by atoms with Gasteiger partial charge < -0.3 is 29.0 Å². The largest absolute Gasteiger partial charge is 0.490 e. The molecule has 1 saturated heterocycles. The van der Waals surface area contributed by atoms with Crippen molar-refractivity contribution in [2.45, 2.75) is 31.7 Å². The van der Waals surface area contributed by atoms with E-state index in [0.29, 0.717) is 6.42 Å². The van der Waals surface area contributed by atoms with Crippen molar-refractivity contribution >= 4 is 23.5 Å². The van der Waals surface area contributed by atoms with E-state index in [0.717, 1.165) is 0 Å². The normalized spacial score (nSPS) is 31.6. The van der Waals surface area contributed by atoms with Crippen molar-refractivity contribution in [2.75, 3.05) is 13.7 Å². The van der Waals surface area contributed by atoms with Crippen molar-refractivity contribution < 1.29 is 55.9 Å². The van der Waals surface area contributed by atoms with Crippen LogP contribution in [0.25, 0.3) is 0 Å². The molecule has 0 radical (unpaired) electrons. The third-order valence-electron chi connectivity index (χ3n) is 2.51. The van der Waals surface area contributed by atoms with Gasteiger partial charge in [0.25, 0.3) is 0 Å². The molecule has 15 heteroatoms. The summed E-state index contributed by atoms with van der Waals surface area (Å²) in [6.45, 7) is 1.24. The Morgan fingerprint density at radius 1 is 1.09 bits per heavy atom. The second-order valence-corrected chi connectivity index (χ2v) is 8.80. The maximum Gasteiger partial charge on any atom is 0.490 e. The molecule has 0 aliphatic carbocycles. The molecule has 1 fully saturated rings. The molecule has 1 heterocycles. The molecule has 0 bridgehead atoms. The Kier molecular flexibility index (Phi) is 6.93. The number of phosphoric ester groups is 1. The highest BCUT2D eigenvalue weighted by atomic mass is 31.3. The van der Waals surface area contributed by atoms with Gasteiger partial charge in [-0.05, 0) is 6.92 Å². The van der Waals surface area contributed by atoms with Crippen molar-refractivity contribution in [1.29, 1.82) is 0 Å². The van der Waals surface area contributed by atoms with Crippen LogP contribution in [0.15, 0.2) is 0 Å². The third kappa shape index (κ3) is 7.27. The summed E-state index contributed by atoms with van der Waals surface area (Å²) >= 11 is 0. The Bertz CT molecular complexity index is 515. The van der Waals surface area contributed by atoms with Crippen LogP contribution in [0.5, 0.6) is 0 Å². The zero-order valence-corrected chi connectivity index (χ0v) is 14.2. The highest BCUT2D eigenvalue weighted by Crippen LogP contribution is 2.66. The van der Waals surface area contributed by atoms with E-state index in [2.05, 4.69) is 13.1 Å². The summed E-state index contributed by atoms with van der Waals surface area (Å²) in [4.78, 5) is 35.0. The Morgan fingerprint density at radius 3 is 2.18 bits per heavy atom.